The molecule has 0 saturated carbocycles. The van der Waals surface area contributed by atoms with E-state index in [2.05, 4.69) is 22.1 Å². The van der Waals surface area contributed by atoms with E-state index in [9.17, 15) is 9.59 Å². The number of allylic oxidation sites excluding steroid dienone is 1. The van der Waals surface area contributed by atoms with Crippen molar-refractivity contribution in [2.45, 2.75) is 24.7 Å². The molecular formula is C22H23N5O3S. The van der Waals surface area contributed by atoms with Crippen molar-refractivity contribution in [3.8, 4) is 5.75 Å². The van der Waals surface area contributed by atoms with Crippen molar-refractivity contribution < 1.29 is 14.3 Å². The van der Waals surface area contributed by atoms with E-state index in [4.69, 9.17) is 10.5 Å². The third-order valence-corrected chi connectivity index (χ3v) is 5.23. The van der Waals surface area contributed by atoms with Crippen LogP contribution >= 0.6 is 11.8 Å². The van der Waals surface area contributed by atoms with E-state index >= 15 is 0 Å². The van der Waals surface area contributed by atoms with E-state index in [-0.39, 0.29) is 17.8 Å². The van der Waals surface area contributed by atoms with Crippen molar-refractivity contribution in [3.63, 3.8) is 0 Å². The first-order chi connectivity index (χ1) is 15.0. The SMILES string of the molecule is C=CCn1c(SCC(=O)Nc2ccc(C(N)=O)cc2)nnc1[C@@H](C)Oc1ccccc1. The average Bonchev–Trinajstić information content (AvgIpc) is 3.16. The number of primary amides is 1. The number of aromatic nitrogens is 3. The normalized spacial score (nSPS) is 11.5. The molecule has 0 saturated heterocycles. The molecule has 3 aromatic rings. The highest BCUT2D eigenvalue weighted by Crippen LogP contribution is 2.24. The number of carbonyl (C=O) groups is 2. The molecule has 1 atom stereocenters. The Morgan fingerprint density at radius 2 is 1.90 bits per heavy atom. The number of para-hydroxylation sites is 1. The number of rotatable bonds is 10. The molecule has 1 heterocycles. The van der Waals surface area contributed by atoms with E-state index in [0.29, 0.717) is 28.8 Å². The van der Waals surface area contributed by atoms with Gasteiger partial charge in [-0.1, -0.05) is 36.0 Å². The minimum absolute atomic E-state index is 0.140. The third kappa shape index (κ3) is 5.95. The summed E-state index contributed by atoms with van der Waals surface area (Å²) in [6.45, 7) is 6.18. The van der Waals surface area contributed by atoms with Crippen LogP contribution in [0.25, 0.3) is 0 Å². The maximum Gasteiger partial charge on any atom is 0.248 e. The number of hydrogen-bond acceptors (Lipinski definition) is 6. The summed E-state index contributed by atoms with van der Waals surface area (Å²) in [7, 11) is 0. The van der Waals surface area contributed by atoms with Crippen molar-refractivity contribution in [2.75, 3.05) is 11.1 Å². The number of benzene rings is 2. The first-order valence-electron chi connectivity index (χ1n) is 9.56. The maximum atomic E-state index is 12.3. The predicted molar refractivity (Wildman–Crippen MR) is 120 cm³/mol. The molecule has 0 aliphatic carbocycles. The quantitative estimate of drug-likeness (QED) is 0.371. The fourth-order valence-electron chi connectivity index (χ4n) is 2.81. The highest BCUT2D eigenvalue weighted by atomic mass is 32.2. The summed E-state index contributed by atoms with van der Waals surface area (Å²) in [6, 6.07) is 15.9. The smallest absolute Gasteiger partial charge is 0.248 e. The molecule has 1 aromatic heterocycles. The molecule has 0 radical (unpaired) electrons. The van der Waals surface area contributed by atoms with Crippen molar-refractivity contribution in [3.05, 3.63) is 78.6 Å². The summed E-state index contributed by atoms with van der Waals surface area (Å²) in [5, 5.41) is 11.9. The zero-order chi connectivity index (χ0) is 22.2. The van der Waals surface area contributed by atoms with E-state index in [0.717, 1.165) is 5.75 Å². The van der Waals surface area contributed by atoms with Gasteiger partial charge in [-0.25, -0.2) is 0 Å². The summed E-state index contributed by atoms with van der Waals surface area (Å²) in [6.07, 6.45) is 1.41. The van der Waals surface area contributed by atoms with Crippen LogP contribution in [0.5, 0.6) is 5.75 Å². The van der Waals surface area contributed by atoms with Gasteiger partial charge in [0.2, 0.25) is 11.8 Å². The van der Waals surface area contributed by atoms with Gasteiger partial charge in [-0.15, -0.1) is 16.8 Å². The zero-order valence-corrected chi connectivity index (χ0v) is 17.8. The van der Waals surface area contributed by atoms with E-state index in [1.165, 1.54) is 11.8 Å². The van der Waals surface area contributed by atoms with Crippen molar-refractivity contribution in [2.24, 2.45) is 5.73 Å². The number of thioether (sulfide) groups is 1. The lowest BCUT2D eigenvalue weighted by Gasteiger charge is -2.15. The van der Waals surface area contributed by atoms with Crippen LogP contribution in [0.3, 0.4) is 0 Å². The van der Waals surface area contributed by atoms with Gasteiger partial charge >= 0.3 is 0 Å². The van der Waals surface area contributed by atoms with Gasteiger partial charge in [-0.05, 0) is 43.3 Å². The molecule has 3 N–H and O–H groups in total. The Morgan fingerprint density at radius 1 is 1.19 bits per heavy atom. The van der Waals surface area contributed by atoms with Gasteiger partial charge in [0, 0.05) is 17.8 Å². The Kier molecular flexibility index (Phi) is 7.45. The maximum absolute atomic E-state index is 12.3. The second-order valence-corrected chi connectivity index (χ2v) is 7.53. The molecule has 160 valence electrons. The summed E-state index contributed by atoms with van der Waals surface area (Å²) in [5.74, 6) is 0.796. The molecule has 3 rings (SSSR count). The number of hydrogen-bond donors (Lipinski definition) is 2. The van der Waals surface area contributed by atoms with Crippen LogP contribution in [0.1, 0.15) is 29.2 Å². The Hall–Kier alpha value is -3.59. The van der Waals surface area contributed by atoms with Gasteiger partial charge < -0.3 is 15.8 Å². The van der Waals surface area contributed by atoms with Crippen LogP contribution < -0.4 is 15.8 Å². The van der Waals surface area contributed by atoms with Crippen LogP contribution in [0.4, 0.5) is 5.69 Å². The molecule has 0 aliphatic rings. The van der Waals surface area contributed by atoms with E-state index in [1.807, 2.05) is 41.8 Å². The molecular weight excluding hydrogens is 414 g/mol. The predicted octanol–water partition coefficient (Wildman–Crippen LogP) is 3.43. The molecule has 0 spiro atoms. The van der Waals surface area contributed by atoms with E-state index < -0.39 is 5.91 Å². The van der Waals surface area contributed by atoms with Gasteiger partial charge in [-0.3, -0.25) is 14.2 Å². The molecule has 0 fully saturated rings. The number of ether oxygens (including phenoxy) is 1. The van der Waals surface area contributed by atoms with Crippen LogP contribution in [-0.2, 0) is 11.3 Å². The van der Waals surface area contributed by atoms with Crippen LogP contribution in [0.15, 0.2) is 72.4 Å². The van der Waals surface area contributed by atoms with E-state index in [1.54, 1.807) is 30.3 Å². The van der Waals surface area contributed by atoms with Gasteiger partial charge in [-0.2, -0.15) is 0 Å². The summed E-state index contributed by atoms with van der Waals surface area (Å²) in [5.41, 5.74) is 6.18. The number of nitrogens with one attached hydrogen (secondary N) is 1. The Bertz CT molecular complexity index is 1050. The molecule has 8 nitrogen and oxygen atoms in total. The molecule has 2 aromatic carbocycles. The second kappa shape index (κ2) is 10.4. The molecule has 9 heteroatoms. The largest absolute Gasteiger partial charge is 0.483 e. The van der Waals surface area contributed by atoms with Gasteiger partial charge in [0.1, 0.15) is 5.75 Å². The number of carbonyl (C=O) groups excluding carboxylic acids is 2. The standard InChI is InChI=1S/C22H23N5O3S/c1-3-13-27-21(15(2)30-18-7-5-4-6-8-18)25-26-22(27)31-14-19(28)24-17-11-9-16(10-12-17)20(23)29/h3-12,15H,1,13-14H2,2H3,(H2,23,29)(H,24,28)/t15-/m1/s1. The van der Waals surface area contributed by atoms with Gasteiger partial charge in [0.25, 0.3) is 0 Å². The second-order valence-electron chi connectivity index (χ2n) is 6.59. The highest BCUT2D eigenvalue weighted by molar-refractivity contribution is 7.99. The van der Waals surface area contributed by atoms with Gasteiger partial charge in [0.05, 0.1) is 5.75 Å². The number of anilines is 1. The fraction of sp³-hybridized carbons (Fsp3) is 0.182. The average molecular weight is 438 g/mol. The van der Waals surface area contributed by atoms with Crippen LogP contribution in [-0.4, -0.2) is 32.3 Å². The number of nitrogens with two attached hydrogens (primary N) is 1. The molecule has 0 bridgehead atoms. The molecule has 0 aliphatic heterocycles. The summed E-state index contributed by atoms with van der Waals surface area (Å²) >= 11 is 1.27. The number of amides is 2. The monoisotopic (exact) mass is 437 g/mol. The molecule has 2 amide bonds. The fourth-order valence-corrected chi connectivity index (χ4v) is 3.56. The Morgan fingerprint density at radius 3 is 2.55 bits per heavy atom. The van der Waals surface area contributed by atoms with Crippen molar-refractivity contribution in [1.82, 2.24) is 14.8 Å². The topological polar surface area (TPSA) is 112 Å². The first kappa shape index (κ1) is 22.1. The first-order valence-corrected chi connectivity index (χ1v) is 10.5. The molecule has 0 unspecified atom stereocenters. The minimum Gasteiger partial charge on any atom is -0.483 e. The molecule has 31 heavy (non-hydrogen) atoms. The highest BCUT2D eigenvalue weighted by Gasteiger charge is 2.19. The summed E-state index contributed by atoms with van der Waals surface area (Å²) in [4.78, 5) is 23.5. The van der Waals surface area contributed by atoms with Crippen LogP contribution in [0, 0.1) is 0 Å². The van der Waals surface area contributed by atoms with Crippen LogP contribution in [0.2, 0.25) is 0 Å². The third-order valence-electron chi connectivity index (χ3n) is 4.26. The van der Waals surface area contributed by atoms with Crippen molar-refractivity contribution in [1.29, 1.82) is 0 Å². The zero-order valence-electron chi connectivity index (χ0n) is 17.0. The summed E-state index contributed by atoms with van der Waals surface area (Å²) < 4.78 is 7.83. The lowest BCUT2D eigenvalue weighted by Crippen LogP contribution is -2.16. The van der Waals surface area contributed by atoms with Crippen molar-refractivity contribution >= 4 is 29.3 Å². The Balaban J connectivity index is 1.63. The number of nitrogens with zero attached hydrogens (tertiary/aromatic N) is 3. The van der Waals surface area contributed by atoms with Gasteiger partial charge in [0.15, 0.2) is 17.1 Å². The lowest BCUT2D eigenvalue weighted by molar-refractivity contribution is -0.113. The minimum atomic E-state index is -0.517. The lowest BCUT2D eigenvalue weighted by atomic mass is 10.2. The Labute approximate surface area is 184 Å².